The Morgan fingerprint density at radius 2 is 2.31 bits per heavy atom. The molecule has 0 N–H and O–H groups in total. The third-order valence-electron chi connectivity index (χ3n) is 1.78. The minimum absolute atomic E-state index is 0.254. The predicted octanol–water partition coefficient (Wildman–Crippen LogP) is 2.34. The zero-order valence-electron chi connectivity index (χ0n) is 7.11. The van der Waals surface area contributed by atoms with Crippen LogP contribution in [0.15, 0.2) is 29.4 Å². The van der Waals surface area contributed by atoms with Crippen LogP contribution in [0.1, 0.15) is 18.4 Å². The fraction of sp³-hybridized carbons (Fsp3) is 0.300. The van der Waals surface area contributed by atoms with Crippen molar-refractivity contribution in [3.05, 3.63) is 35.6 Å². The van der Waals surface area contributed by atoms with E-state index in [1.807, 2.05) is 0 Å². The molecule has 0 spiro atoms. The average molecular weight is 179 g/mol. The van der Waals surface area contributed by atoms with E-state index in [4.69, 9.17) is 4.84 Å². The Bertz CT molecular complexity index is 320. The molecule has 1 fully saturated rings. The zero-order chi connectivity index (χ0) is 9.10. The number of nitrogens with zero attached hydrogens (tertiary/aromatic N) is 1. The molecule has 0 aromatic heterocycles. The van der Waals surface area contributed by atoms with Gasteiger partial charge in [-0.25, -0.2) is 4.39 Å². The Balaban J connectivity index is 1.95. The number of rotatable bonds is 3. The van der Waals surface area contributed by atoms with Gasteiger partial charge in [-0.2, -0.15) is 0 Å². The highest BCUT2D eigenvalue weighted by Gasteiger charge is 2.23. The molecule has 13 heavy (non-hydrogen) atoms. The van der Waals surface area contributed by atoms with Gasteiger partial charge in [0.2, 0.25) is 0 Å². The third kappa shape index (κ3) is 2.54. The van der Waals surface area contributed by atoms with Gasteiger partial charge in [-0.15, -0.1) is 0 Å². The van der Waals surface area contributed by atoms with Gasteiger partial charge in [-0.05, 0) is 30.5 Å². The van der Waals surface area contributed by atoms with Crippen molar-refractivity contribution in [2.24, 2.45) is 5.16 Å². The van der Waals surface area contributed by atoms with Crippen molar-refractivity contribution in [3.63, 3.8) is 0 Å². The highest BCUT2D eigenvalue weighted by molar-refractivity contribution is 5.78. The molecule has 1 aliphatic rings. The first-order valence-corrected chi connectivity index (χ1v) is 4.29. The lowest BCUT2D eigenvalue weighted by Gasteiger charge is -1.94. The van der Waals surface area contributed by atoms with Crippen LogP contribution in [0.25, 0.3) is 0 Å². The molecule has 0 bridgehead atoms. The fourth-order valence-corrected chi connectivity index (χ4v) is 0.938. The van der Waals surface area contributed by atoms with Gasteiger partial charge in [-0.1, -0.05) is 17.3 Å². The highest BCUT2D eigenvalue weighted by Crippen LogP contribution is 2.23. The summed E-state index contributed by atoms with van der Waals surface area (Å²) in [6.07, 6.45) is 3.99. The molecule has 0 aliphatic heterocycles. The lowest BCUT2D eigenvalue weighted by Crippen LogP contribution is -1.87. The molecule has 68 valence electrons. The van der Waals surface area contributed by atoms with Gasteiger partial charge >= 0.3 is 0 Å². The molecular weight excluding hydrogens is 169 g/mol. The molecule has 0 heterocycles. The molecule has 2 nitrogen and oxygen atoms in total. The summed E-state index contributed by atoms with van der Waals surface area (Å²) in [6, 6.07) is 6.25. The number of benzene rings is 1. The first kappa shape index (κ1) is 8.23. The van der Waals surface area contributed by atoms with Crippen molar-refractivity contribution in [2.75, 3.05) is 0 Å². The summed E-state index contributed by atoms with van der Waals surface area (Å²) in [6.45, 7) is 0. The van der Waals surface area contributed by atoms with Crippen molar-refractivity contribution < 1.29 is 9.23 Å². The van der Waals surface area contributed by atoms with E-state index in [1.165, 1.54) is 18.3 Å². The third-order valence-corrected chi connectivity index (χ3v) is 1.78. The molecule has 3 heteroatoms. The van der Waals surface area contributed by atoms with Crippen LogP contribution in [0.3, 0.4) is 0 Å². The number of hydrogen-bond acceptors (Lipinski definition) is 2. The molecule has 1 aromatic rings. The highest BCUT2D eigenvalue weighted by atomic mass is 19.1. The van der Waals surface area contributed by atoms with E-state index in [0.717, 1.165) is 18.4 Å². The molecule has 1 saturated carbocycles. The standard InChI is InChI=1S/C10H10FNO/c11-9-3-1-2-8(6-9)7-12-13-10-4-5-10/h1-3,6-7,10H,4-5H2. The summed E-state index contributed by atoms with van der Waals surface area (Å²) in [4.78, 5) is 5.04. The molecule has 1 aromatic carbocycles. The van der Waals surface area contributed by atoms with Crippen molar-refractivity contribution >= 4 is 6.21 Å². The summed E-state index contributed by atoms with van der Waals surface area (Å²) in [5.41, 5.74) is 0.723. The second-order valence-electron chi connectivity index (χ2n) is 3.09. The molecule has 0 radical (unpaired) electrons. The Kier molecular flexibility index (Phi) is 2.25. The summed E-state index contributed by atoms with van der Waals surface area (Å²) in [5.74, 6) is -0.254. The topological polar surface area (TPSA) is 21.6 Å². The van der Waals surface area contributed by atoms with Crippen LogP contribution in [-0.2, 0) is 4.84 Å². The van der Waals surface area contributed by atoms with E-state index in [1.54, 1.807) is 12.1 Å². The molecule has 0 amide bonds. The second-order valence-corrected chi connectivity index (χ2v) is 3.09. The Morgan fingerprint density at radius 1 is 1.46 bits per heavy atom. The van der Waals surface area contributed by atoms with Crippen LogP contribution in [0.5, 0.6) is 0 Å². The maximum Gasteiger partial charge on any atom is 0.127 e. The summed E-state index contributed by atoms with van der Waals surface area (Å²) in [7, 11) is 0. The first-order valence-electron chi connectivity index (χ1n) is 4.29. The quantitative estimate of drug-likeness (QED) is 0.515. The number of halogens is 1. The average Bonchev–Trinajstić information content (AvgIpc) is 2.88. The minimum atomic E-state index is -0.254. The van der Waals surface area contributed by atoms with E-state index >= 15 is 0 Å². The van der Waals surface area contributed by atoms with Crippen LogP contribution in [0.2, 0.25) is 0 Å². The van der Waals surface area contributed by atoms with Crippen LogP contribution in [-0.4, -0.2) is 12.3 Å². The maximum atomic E-state index is 12.7. The Hall–Kier alpha value is -1.38. The molecule has 0 unspecified atom stereocenters. The van der Waals surface area contributed by atoms with Gasteiger partial charge in [0, 0.05) is 0 Å². The predicted molar refractivity (Wildman–Crippen MR) is 48.1 cm³/mol. The lowest BCUT2D eigenvalue weighted by atomic mass is 10.2. The zero-order valence-corrected chi connectivity index (χ0v) is 7.11. The van der Waals surface area contributed by atoms with Gasteiger partial charge in [0.05, 0.1) is 6.21 Å². The van der Waals surface area contributed by atoms with Crippen LogP contribution in [0.4, 0.5) is 4.39 Å². The smallest absolute Gasteiger partial charge is 0.127 e. The summed E-state index contributed by atoms with van der Waals surface area (Å²) >= 11 is 0. The first-order chi connectivity index (χ1) is 6.34. The van der Waals surface area contributed by atoms with Gasteiger partial charge in [0.1, 0.15) is 11.9 Å². The molecular formula is C10H10FNO. The van der Waals surface area contributed by atoms with Crippen molar-refractivity contribution in [1.29, 1.82) is 0 Å². The van der Waals surface area contributed by atoms with Crippen LogP contribution < -0.4 is 0 Å². The Labute approximate surface area is 76.0 Å². The van der Waals surface area contributed by atoms with Crippen molar-refractivity contribution in [1.82, 2.24) is 0 Å². The van der Waals surface area contributed by atoms with Crippen LogP contribution in [0, 0.1) is 5.82 Å². The molecule has 1 aliphatic carbocycles. The largest absolute Gasteiger partial charge is 0.392 e. The van der Waals surface area contributed by atoms with Gasteiger partial charge in [-0.3, -0.25) is 0 Å². The van der Waals surface area contributed by atoms with E-state index in [2.05, 4.69) is 5.16 Å². The van der Waals surface area contributed by atoms with Gasteiger partial charge in [0.15, 0.2) is 0 Å². The maximum absolute atomic E-state index is 12.7. The second kappa shape index (κ2) is 3.56. The van der Waals surface area contributed by atoms with E-state index < -0.39 is 0 Å². The summed E-state index contributed by atoms with van der Waals surface area (Å²) < 4.78 is 12.7. The fourth-order valence-electron chi connectivity index (χ4n) is 0.938. The molecule has 0 atom stereocenters. The Morgan fingerprint density at radius 3 is 3.00 bits per heavy atom. The molecule has 2 rings (SSSR count). The lowest BCUT2D eigenvalue weighted by molar-refractivity contribution is 0.131. The van der Waals surface area contributed by atoms with Crippen LogP contribution >= 0.6 is 0 Å². The minimum Gasteiger partial charge on any atom is -0.392 e. The summed E-state index contributed by atoms with van der Waals surface area (Å²) in [5, 5.41) is 3.75. The van der Waals surface area contributed by atoms with E-state index in [0.29, 0.717) is 6.10 Å². The van der Waals surface area contributed by atoms with Gasteiger partial charge in [0.25, 0.3) is 0 Å². The van der Waals surface area contributed by atoms with E-state index in [9.17, 15) is 4.39 Å². The molecule has 0 saturated heterocycles. The number of oxime groups is 1. The van der Waals surface area contributed by atoms with Crippen molar-refractivity contribution in [2.45, 2.75) is 18.9 Å². The van der Waals surface area contributed by atoms with Crippen molar-refractivity contribution in [3.8, 4) is 0 Å². The normalized spacial score (nSPS) is 16.4. The van der Waals surface area contributed by atoms with Gasteiger partial charge < -0.3 is 4.84 Å². The monoisotopic (exact) mass is 179 g/mol. The SMILES string of the molecule is Fc1cccc(C=NOC2CC2)c1. The number of hydrogen-bond donors (Lipinski definition) is 0. The van der Waals surface area contributed by atoms with E-state index in [-0.39, 0.29) is 5.82 Å².